The van der Waals surface area contributed by atoms with E-state index in [2.05, 4.69) is 19.9 Å². The Morgan fingerprint density at radius 3 is 2.70 bits per heavy atom. The SMILES string of the molecule is C[C@@]12CCC[C@H]1[C@@H]1CCC3C=CC=C(OC(O)O)[C@]3(C)[C@H]1CC2. The standard InChI is InChI=1S/C20H30O3/c1-19-11-4-6-15(19)14-9-8-13-5-3-7-17(23-18(21)22)20(13,2)16(14)10-12-19/h3,5,7,13-16,18,21-22H,4,6,8-12H2,1-2H3/t13?,14-,15-,16-,19-,20-/m0/s1. The molecule has 0 heterocycles. The van der Waals surface area contributed by atoms with Crippen LogP contribution < -0.4 is 0 Å². The first-order valence-electron chi connectivity index (χ1n) is 9.37. The minimum Gasteiger partial charge on any atom is -0.445 e. The first kappa shape index (κ1) is 15.7. The van der Waals surface area contributed by atoms with Crippen LogP contribution in [-0.4, -0.2) is 16.7 Å². The average molecular weight is 318 g/mol. The Kier molecular flexibility index (Phi) is 3.66. The van der Waals surface area contributed by atoms with E-state index >= 15 is 0 Å². The van der Waals surface area contributed by atoms with Crippen molar-refractivity contribution in [1.29, 1.82) is 0 Å². The van der Waals surface area contributed by atoms with Gasteiger partial charge in [0.1, 0.15) is 5.76 Å². The smallest absolute Gasteiger partial charge is 0.310 e. The summed E-state index contributed by atoms with van der Waals surface area (Å²) in [6, 6.07) is 0. The molecule has 3 heteroatoms. The van der Waals surface area contributed by atoms with Crippen molar-refractivity contribution in [3.8, 4) is 0 Å². The van der Waals surface area contributed by atoms with E-state index < -0.39 is 6.48 Å². The van der Waals surface area contributed by atoms with Crippen LogP contribution in [-0.2, 0) is 4.74 Å². The lowest BCUT2D eigenvalue weighted by Crippen LogP contribution is -2.52. The van der Waals surface area contributed by atoms with Crippen molar-refractivity contribution in [2.24, 2.45) is 34.5 Å². The van der Waals surface area contributed by atoms with Gasteiger partial charge in [0.05, 0.1) is 0 Å². The maximum atomic E-state index is 9.37. The summed E-state index contributed by atoms with van der Waals surface area (Å²) >= 11 is 0. The topological polar surface area (TPSA) is 49.7 Å². The van der Waals surface area contributed by atoms with Crippen molar-refractivity contribution < 1.29 is 14.9 Å². The predicted molar refractivity (Wildman–Crippen MR) is 89.0 cm³/mol. The van der Waals surface area contributed by atoms with Crippen LogP contribution in [0.1, 0.15) is 58.8 Å². The molecule has 0 saturated heterocycles. The van der Waals surface area contributed by atoms with Crippen molar-refractivity contribution >= 4 is 0 Å². The summed E-state index contributed by atoms with van der Waals surface area (Å²) in [5.74, 6) is 3.48. The van der Waals surface area contributed by atoms with Gasteiger partial charge in [0, 0.05) is 5.41 Å². The molecule has 0 aromatic heterocycles. The van der Waals surface area contributed by atoms with Crippen LogP contribution in [0.4, 0.5) is 0 Å². The third kappa shape index (κ3) is 2.23. The zero-order chi connectivity index (χ0) is 16.2. The van der Waals surface area contributed by atoms with Crippen molar-refractivity contribution in [2.45, 2.75) is 65.3 Å². The quantitative estimate of drug-likeness (QED) is 0.757. The van der Waals surface area contributed by atoms with Crippen LogP contribution in [0, 0.1) is 34.5 Å². The summed E-state index contributed by atoms with van der Waals surface area (Å²) < 4.78 is 5.47. The van der Waals surface area contributed by atoms with Crippen LogP contribution in [0.15, 0.2) is 24.0 Å². The molecule has 3 fully saturated rings. The van der Waals surface area contributed by atoms with Gasteiger partial charge in [-0.15, -0.1) is 0 Å². The van der Waals surface area contributed by atoms with E-state index in [1.807, 2.05) is 12.2 Å². The minimum absolute atomic E-state index is 0.0781. The summed E-state index contributed by atoms with van der Waals surface area (Å²) in [6.07, 6.45) is 15.6. The number of hydrogen-bond donors (Lipinski definition) is 2. The summed E-state index contributed by atoms with van der Waals surface area (Å²) in [5.41, 5.74) is 0.474. The van der Waals surface area contributed by atoms with Crippen molar-refractivity contribution in [2.75, 3.05) is 0 Å². The molecule has 0 bridgehead atoms. The molecule has 0 aromatic carbocycles. The van der Waals surface area contributed by atoms with Gasteiger partial charge in [-0.1, -0.05) is 32.4 Å². The van der Waals surface area contributed by atoms with E-state index in [-0.39, 0.29) is 5.41 Å². The van der Waals surface area contributed by atoms with Crippen LogP contribution >= 0.6 is 0 Å². The van der Waals surface area contributed by atoms with Gasteiger partial charge in [0.15, 0.2) is 0 Å². The molecule has 0 radical (unpaired) electrons. The molecule has 4 rings (SSSR count). The summed E-state index contributed by atoms with van der Waals surface area (Å²) in [7, 11) is 0. The molecule has 1 unspecified atom stereocenters. The van der Waals surface area contributed by atoms with Crippen LogP contribution in [0.25, 0.3) is 0 Å². The highest BCUT2D eigenvalue weighted by atomic mass is 16.7. The Morgan fingerprint density at radius 1 is 1.09 bits per heavy atom. The summed E-state index contributed by atoms with van der Waals surface area (Å²) in [5, 5.41) is 18.7. The van der Waals surface area contributed by atoms with Gasteiger partial charge in [-0.05, 0) is 73.7 Å². The zero-order valence-electron chi connectivity index (χ0n) is 14.4. The number of fused-ring (bicyclic) bond motifs is 5. The van der Waals surface area contributed by atoms with Gasteiger partial charge in [-0.25, -0.2) is 0 Å². The first-order chi connectivity index (χ1) is 10.9. The van der Waals surface area contributed by atoms with E-state index in [1.165, 1.54) is 44.9 Å². The minimum atomic E-state index is -1.72. The third-order valence-corrected chi connectivity index (χ3v) is 7.92. The Balaban J connectivity index is 1.69. The molecular weight excluding hydrogens is 288 g/mol. The number of aliphatic hydroxyl groups excluding tert-OH is 1. The Labute approximate surface area is 139 Å². The van der Waals surface area contributed by atoms with Crippen molar-refractivity contribution in [3.05, 3.63) is 24.0 Å². The second-order valence-corrected chi connectivity index (χ2v) is 8.79. The number of ether oxygens (including phenoxy) is 1. The van der Waals surface area contributed by atoms with Crippen LogP contribution in [0.2, 0.25) is 0 Å². The van der Waals surface area contributed by atoms with Gasteiger partial charge in [-0.3, -0.25) is 0 Å². The Morgan fingerprint density at radius 2 is 1.91 bits per heavy atom. The molecule has 0 spiro atoms. The molecule has 4 aliphatic rings. The van der Waals surface area contributed by atoms with E-state index in [0.717, 1.165) is 17.6 Å². The highest BCUT2D eigenvalue weighted by Gasteiger charge is 2.58. The molecule has 23 heavy (non-hydrogen) atoms. The van der Waals surface area contributed by atoms with Gasteiger partial charge >= 0.3 is 6.48 Å². The van der Waals surface area contributed by atoms with E-state index in [9.17, 15) is 10.2 Å². The van der Waals surface area contributed by atoms with Crippen molar-refractivity contribution in [3.63, 3.8) is 0 Å². The molecule has 3 nitrogen and oxygen atoms in total. The number of aliphatic hydroxyl groups is 2. The maximum absolute atomic E-state index is 9.37. The monoisotopic (exact) mass is 318 g/mol. The number of rotatable bonds is 2. The van der Waals surface area contributed by atoms with Gasteiger partial charge < -0.3 is 14.9 Å². The van der Waals surface area contributed by atoms with E-state index in [4.69, 9.17) is 4.74 Å². The highest BCUT2D eigenvalue weighted by molar-refractivity contribution is 5.28. The molecule has 3 saturated carbocycles. The second kappa shape index (κ2) is 5.35. The van der Waals surface area contributed by atoms with Crippen LogP contribution in [0.3, 0.4) is 0 Å². The molecule has 128 valence electrons. The number of hydrogen-bond acceptors (Lipinski definition) is 3. The maximum Gasteiger partial charge on any atom is 0.310 e. The van der Waals surface area contributed by atoms with Gasteiger partial charge in [0.2, 0.25) is 0 Å². The fourth-order valence-electron chi connectivity index (χ4n) is 6.77. The van der Waals surface area contributed by atoms with E-state index in [0.29, 0.717) is 17.3 Å². The second-order valence-electron chi connectivity index (χ2n) is 8.79. The normalized spacial score (nSPS) is 48.5. The van der Waals surface area contributed by atoms with Gasteiger partial charge in [-0.2, -0.15) is 0 Å². The van der Waals surface area contributed by atoms with Crippen molar-refractivity contribution in [1.82, 2.24) is 0 Å². The predicted octanol–water partition coefficient (Wildman–Crippen LogP) is 3.97. The fraction of sp³-hybridized carbons (Fsp3) is 0.800. The largest absolute Gasteiger partial charge is 0.445 e. The molecule has 0 aromatic rings. The molecule has 2 N–H and O–H groups in total. The first-order valence-corrected chi connectivity index (χ1v) is 9.37. The molecule has 0 aliphatic heterocycles. The Hall–Kier alpha value is -0.800. The summed E-state index contributed by atoms with van der Waals surface area (Å²) in [4.78, 5) is 0. The molecule has 0 amide bonds. The Bertz CT molecular complexity index is 537. The lowest BCUT2D eigenvalue weighted by atomic mass is 9.47. The van der Waals surface area contributed by atoms with E-state index in [1.54, 1.807) is 0 Å². The molecular formula is C20H30O3. The lowest BCUT2D eigenvalue weighted by Gasteiger charge is -2.58. The zero-order valence-corrected chi connectivity index (χ0v) is 14.4. The average Bonchev–Trinajstić information content (AvgIpc) is 2.89. The number of allylic oxidation sites excluding steroid dienone is 4. The van der Waals surface area contributed by atoms with Crippen LogP contribution in [0.5, 0.6) is 0 Å². The third-order valence-electron chi connectivity index (χ3n) is 7.92. The highest BCUT2D eigenvalue weighted by Crippen LogP contribution is 2.66. The summed E-state index contributed by atoms with van der Waals surface area (Å²) in [6.45, 7) is 3.11. The fourth-order valence-corrected chi connectivity index (χ4v) is 6.77. The molecule has 6 atom stereocenters. The lowest BCUT2D eigenvalue weighted by molar-refractivity contribution is -0.230. The molecule has 4 aliphatic carbocycles. The van der Waals surface area contributed by atoms with Gasteiger partial charge in [0.25, 0.3) is 0 Å².